The number of likely N-dealkylation sites (tertiary alicyclic amines) is 1. The molecule has 1 aliphatic heterocycles. The summed E-state index contributed by atoms with van der Waals surface area (Å²) in [6.07, 6.45) is 1.74. The van der Waals surface area contributed by atoms with Crippen LogP contribution >= 0.6 is 23.2 Å². The number of nitrogens with one attached hydrogen (secondary N) is 1. The first-order valence-electron chi connectivity index (χ1n) is 5.82. The maximum atomic E-state index is 12.1. The Bertz CT molecular complexity index is 591. The second kappa shape index (κ2) is 5.76. The summed E-state index contributed by atoms with van der Waals surface area (Å²) in [4.78, 5) is 40.1. The molecule has 2 rings (SSSR count). The molecular weight excluding hydrogens is 305 g/mol. The van der Waals surface area contributed by atoms with Gasteiger partial charge in [-0.05, 0) is 12.5 Å². The summed E-state index contributed by atoms with van der Waals surface area (Å²) in [6, 6.07) is 0.578. The molecule has 1 unspecified atom stereocenters. The number of aromatic nitrogens is 1. The lowest BCUT2D eigenvalue weighted by Gasteiger charge is -2.28. The molecule has 20 heavy (non-hydrogen) atoms. The van der Waals surface area contributed by atoms with Crippen molar-refractivity contribution < 1.29 is 14.4 Å². The number of carbonyl (C=O) groups is 3. The van der Waals surface area contributed by atoms with Gasteiger partial charge in [0.05, 0.1) is 10.6 Å². The van der Waals surface area contributed by atoms with Crippen molar-refractivity contribution in [2.24, 2.45) is 0 Å². The van der Waals surface area contributed by atoms with Crippen LogP contribution in [0.1, 0.15) is 23.2 Å². The summed E-state index contributed by atoms with van der Waals surface area (Å²) in [5, 5.41) is 2.82. The first kappa shape index (κ1) is 14.7. The lowest BCUT2D eigenvalue weighted by molar-refractivity contribution is -0.147. The quantitative estimate of drug-likeness (QED) is 0.658. The molecule has 1 aromatic heterocycles. The predicted octanol–water partition coefficient (Wildman–Crippen LogP) is 1.27. The smallest absolute Gasteiger partial charge is 0.253 e. The van der Waals surface area contributed by atoms with Crippen LogP contribution in [0.15, 0.2) is 12.3 Å². The number of hydrogen-bond acceptors (Lipinski definition) is 4. The summed E-state index contributed by atoms with van der Waals surface area (Å²) in [6.45, 7) is 0. The van der Waals surface area contributed by atoms with Gasteiger partial charge in [-0.3, -0.25) is 19.3 Å². The van der Waals surface area contributed by atoms with Crippen molar-refractivity contribution in [3.8, 4) is 0 Å². The van der Waals surface area contributed by atoms with Crippen molar-refractivity contribution in [2.45, 2.75) is 18.9 Å². The Morgan fingerprint density at radius 3 is 2.85 bits per heavy atom. The number of imide groups is 1. The Kier molecular flexibility index (Phi) is 4.25. The average Bonchev–Trinajstić information content (AvgIpc) is 2.42. The lowest BCUT2D eigenvalue weighted by atomic mass is 10.0. The van der Waals surface area contributed by atoms with Crippen LogP contribution in [0.4, 0.5) is 0 Å². The van der Waals surface area contributed by atoms with Crippen molar-refractivity contribution in [1.29, 1.82) is 0 Å². The second-order valence-electron chi connectivity index (χ2n) is 4.34. The molecule has 106 valence electrons. The molecule has 0 saturated carbocycles. The molecule has 6 nitrogen and oxygen atoms in total. The van der Waals surface area contributed by atoms with E-state index < -0.39 is 17.9 Å². The molecular formula is C12H11Cl2N3O3. The normalized spacial score (nSPS) is 19.1. The van der Waals surface area contributed by atoms with Gasteiger partial charge in [0.2, 0.25) is 5.91 Å². The Morgan fingerprint density at radius 2 is 2.15 bits per heavy atom. The van der Waals surface area contributed by atoms with Gasteiger partial charge in [-0.15, -0.1) is 0 Å². The highest BCUT2D eigenvalue weighted by Crippen LogP contribution is 2.19. The van der Waals surface area contributed by atoms with E-state index in [9.17, 15) is 14.4 Å². The van der Waals surface area contributed by atoms with Gasteiger partial charge in [-0.1, -0.05) is 23.2 Å². The molecule has 1 fully saturated rings. The fraction of sp³-hybridized carbons (Fsp3) is 0.333. The largest absolute Gasteiger partial charge is 0.340 e. The number of rotatable bonds is 2. The topological polar surface area (TPSA) is 79.4 Å². The molecule has 8 heteroatoms. The first-order valence-corrected chi connectivity index (χ1v) is 6.58. The van der Waals surface area contributed by atoms with E-state index in [4.69, 9.17) is 23.2 Å². The summed E-state index contributed by atoms with van der Waals surface area (Å²) in [7, 11) is 1.39. The number of hydrogen-bond donors (Lipinski definition) is 1. The number of likely N-dealkylation sites (N-methyl/N-ethyl adjacent to an activating group) is 1. The van der Waals surface area contributed by atoms with Gasteiger partial charge in [-0.2, -0.15) is 0 Å². The van der Waals surface area contributed by atoms with E-state index >= 15 is 0 Å². The number of nitrogens with zero attached hydrogens (tertiary/aromatic N) is 2. The standard InChI is InChI=1S/C12H11Cl2N3O3/c1-17-10(18)3-2-8(12(17)20)16-11(19)6-4-9(14)15-5-7(6)13/h4-5,8H,2-3H2,1H3,(H,16,19). The van der Waals surface area contributed by atoms with Crippen LogP contribution in [-0.4, -0.2) is 40.7 Å². The van der Waals surface area contributed by atoms with Crippen LogP contribution in [0.5, 0.6) is 0 Å². The van der Waals surface area contributed by atoms with E-state index in [2.05, 4.69) is 10.3 Å². The Morgan fingerprint density at radius 1 is 1.45 bits per heavy atom. The molecule has 3 amide bonds. The van der Waals surface area contributed by atoms with Crippen LogP contribution in [0, 0.1) is 0 Å². The van der Waals surface area contributed by atoms with E-state index in [1.54, 1.807) is 0 Å². The van der Waals surface area contributed by atoms with Crippen molar-refractivity contribution in [3.63, 3.8) is 0 Å². The minimum absolute atomic E-state index is 0.127. The zero-order valence-electron chi connectivity index (χ0n) is 10.5. The van der Waals surface area contributed by atoms with Crippen LogP contribution in [0.3, 0.4) is 0 Å². The number of halogens is 2. The van der Waals surface area contributed by atoms with Gasteiger partial charge in [0.1, 0.15) is 11.2 Å². The molecule has 1 aliphatic rings. The third-order valence-corrected chi connectivity index (χ3v) is 3.53. The van der Waals surface area contributed by atoms with Crippen molar-refractivity contribution in [2.75, 3.05) is 7.05 Å². The van der Waals surface area contributed by atoms with E-state index in [0.717, 1.165) is 4.90 Å². The molecule has 0 aliphatic carbocycles. The predicted molar refractivity (Wildman–Crippen MR) is 72.5 cm³/mol. The minimum Gasteiger partial charge on any atom is -0.340 e. The lowest BCUT2D eigenvalue weighted by Crippen LogP contribution is -2.52. The summed E-state index contributed by atoms with van der Waals surface area (Å²) < 4.78 is 0. The fourth-order valence-electron chi connectivity index (χ4n) is 1.87. The van der Waals surface area contributed by atoms with Gasteiger partial charge >= 0.3 is 0 Å². The Balaban J connectivity index is 2.14. The molecule has 1 aromatic rings. The van der Waals surface area contributed by atoms with Gasteiger partial charge in [0, 0.05) is 19.7 Å². The van der Waals surface area contributed by atoms with E-state index in [-0.39, 0.29) is 34.5 Å². The zero-order chi connectivity index (χ0) is 14.9. The minimum atomic E-state index is -0.742. The number of carbonyl (C=O) groups excluding carboxylic acids is 3. The SMILES string of the molecule is CN1C(=O)CCC(NC(=O)c2cc(Cl)ncc2Cl)C1=O. The van der Waals surface area contributed by atoms with Crippen LogP contribution in [0.25, 0.3) is 0 Å². The van der Waals surface area contributed by atoms with Crippen LogP contribution in [-0.2, 0) is 9.59 Å². The van der Waals surface area contributed by atoms with E-state index in [0.29, 0.717) is 0 Å². The van der Waals surface area contributed by atoms with Gasteiger partial charge < -0.3 is 5.32 Å². The third-order valence-electron chi connectivity index (χ3n) is 3.02. The highest BCUT2D eigenvalue weighted by Gasteiger charge is 2.33. The highest BCUT2D eigenvalue weighted by atomic mass is 35.5. The Labute approximate surface area is 125 Å². The second-order valence-corrected chi connectivity index (χ2v) is 5.14. The number of amides is 3. The van der Waals surface area contributed by atoms with Crippen LogP contribution in [0.2, 0.25) is 10.2 Å². The highest BCUT2D eigenvalue weighted by molar-refractivity contribution is 6.35. The van der Waals surface area contributed by atoms with Crippen molar-refractivity contribution >= 4 is 40.9 Å². The fourth-order valence-corrected chi connectivity index (χ4v) is 2.22. The summed E-state index contributed by atoms with van der Waals surface area (Å²) in [5.41, 5.74) is 0.138. The third kappa shape index (κ3) is 2.91. The summed E-state index contributed by atoms with van der Waals surface area (Å²) in [5.74, 6) is -1.23. The molecule has 2 heterocycles. The maximum Gasteiger partial charge on any atom is 0.253 e. The molecule has 0 bridgehead atoms. The van der Waals surface area contributed by atoms with Crippen molar-refractivity contribution in [1.82, 2.24) is 15.2 Å². The van der Waals surface area contributed by atoms with Gasteiger partial charge in [0.25, 0.3) is 11.8 Å². The molecule has 1 saturated heterocycles. The Hall–Kier alpha value is -1.66. The maximum absolute atomic E-state index is 12.1. The summed E-state index contributed by atoms with van der Waals surface area (Å²) >= 11 is 11.6. The number of piperidine rings is 1. The van der Waals surface area contributed by atoms with Crippen molar-refractivity contribution in [3.05, 3.63) is 28.0 Å². The van der Waals surface area contributed by atoms with E-state index in [1.807, 2.05) is 0 Å². The molecule has 1 N–H and O–H groups in total. The average molecular weight is 316 g/mol. The monoisotopic (exact) mass is 315 g/mol. The van der Waals surface area contributed by atoms with Crippen LogP contribution < -0.4 is 5.32 Å². The molecule has 0 aromatic carbocycles. The van der Waals surface area contributed by atoms with Gasteiger partial charge in [-0.25, -0.2) is 4.98 Å². The van der Waals surface area contributed by atoms with E-state index in [1.165, 1.54) is 19.3 Å². The molecule has 0 radical (unpaired) electrons. The van der Waals surface area contributed by atoms with Gasteiger partial charge in [0.15, 0.2) is 0 Å². The first-order chi connectivity index (χ1) is 9.40. The zero-order valence-corrected chi connectivity index (χ0v) is 12.0. The molecule has 1 atom stereocenters. The number of pyridine rings is 1. The molecule has 0 spiro atoms.